The molecule has 1 unspecified atom stereocenters. The molecule has 0 spiro atoms. The number of alkyl halides is 1. The second kappa shape index (κ2) is 21.3. The molecule has 9 N–H and O–H groups in total. The van der Waals surface area contributed by atoms with Crippen LogP contribution in [0.25, 0.3) is 27.8 Å². The van der Waals surface area contributed by atoms with Gasteiger partial charge in [0.2, 0.25) is 11.8 Å². The fourth-order valence-corrected chi connectivity index (χ4v) is 10.4. The number of rotatable bonds is 20. The van der Waals surface area contributed by atoms with Crippen LogP contribution in [0.15, 0.2) is 78.4 Å². The average Bonchev–Trinajstić information content (AvgIpc) is 4.02. The van der Waals surface area contributed by atoms with Gasteiger partial charge in [-0.1, -0.05) is 65.8 Å². The van der Waals surface area contributed by atoms with Crippen LogP contribution in [0.3, 0.4) is 0 Å². The number of carbonyl (C=O) groups excluding carboxylic acids is 5. The molecule has 2 aliphatic rings. The minimum Gasteiger partial charge on any atom is -0.507 e. The van der Waals surface area contributed by atoms with Gasteiger partial charge in [0.1, 0.15) is 17.2 Å². The normalized spacial score (nSPS) is 14.9. The smallest absolute Gasteiger partial charge is 0.274 e. The fraction of sp³-hybridized carbons (Fsp3) is 0.333. The molecular formula is C48H53ClN8O6S2. The largest absolute Gasteiger partial charge is 0.507 e. The highest BCUT2D eigenvalue weighted by Crippen LogP contribution is 2.45. The molecule has 0 saturated carbocycles. The van der Waals surface area contributed by atoms with Crippen molar-refractivity contribution in [3.05, 3.63) is 101 Å². The zero-order chi connectivity index (χ0) is 46.2. The summed E-state index contributed by atoms with van der Waals surface area (Å²) in [5, 5.41) is 31.9. The third-order valence-electron chi connectivity index (χ3n) is 11.7. The van der Waals surface area contributed by atoms with E-state index in [2.05, 4.69) is 26.3 Å². The molecule has 3 atom stereocenters. The zero-order valence-electron chi connectivity index (χ0n) is 36.2. The van der Waals surface area contributed by atoms with Crippen LogP contribution in [0.5, 0.6) is 5.75 Å². The van der Waals surface area contributed by atoms with Crippen LogP contribution in [0, 0.1) is 17.2 Å². The summed E-state index contributed by atoms with van der Waals surface area (Å²) in [7, 11) is 3.11. The van der Waals surface area contributed by atoms with Crippen molar-refractivity contribution in [3.8, 4) is 5.75 Å². The number of aromatic amines is 1. The summed E-state index contributed by atoms with van der Waals surface area (Å²) >= 11 is 6.40. The van der Waals surface area contributed by atoms with Crippen LogP contribution >= 0.6 is 33.2 Å². The van der Waals surface area contributed by atoms with Crippen molar-refractivity contribution in [2.45, 2.75) is 51.9 Å². The highest BCUT2D eigenvalue weighted by molar-refractivity contribution is 8.76. The minimum absolute atomic E-state index is 0.0447. The van der Waals surface area contributed by atoms with E-state index in [4.69, 9.17) is 22.7 Å². The van der Waals surface area contributed by atoms with Gasteiger partial charge in [0.15, 0.2) is 5.96 Å². The van der Waals surface area contributed by atoms with Gasteiger partial charge in [-0.05, 0) is 77.4 Å². The van der Waals surface area contributed by atoms with Crippen molar-refractivity contribution in [3.63, 3.8) is 0 Å². The molecule has 0 bridgehead atoms. The molecule has 340 valence electrons. The Kier molecular flexibility index (Phi) is 15.4. The number of benzene rings is 4. The van der Waals surface area contributed by atoms with Gasteiger partial charge >= 0.3 is 0 Å². The molecule has 1 aliphatic heterocycles. The number of hydrogen-bond donors (Lipinski definition) is 8. The highest BCUT2D eigenvalue weighted by Gasteiger charge is 2.35. The van der Waals surface area contributed by atoms with E-state index in [1.807, 2.05) is 67.6 Å². The number of phenolic OH excluding ortho intramolecular Hbond substituents is 1. The maximum Gasteiger partial charge on any atom is 0.274 e. The Morgan fingerprint density at radius 1 is 0.923 bits per heavy atom. The molecule has 4 aromatic carbocycles. The molecule has 1 aromatic heterocycles. The Morgan fingerprint density at radius 2 is 1.68 bits per heavy atom. The number of halogens is 1. The predicted octanol–water partition coefficient (Wildman–Crippen LogP) is 7.91. The SMILES string of the molecule is C[C@H](CC(=O)[C@@H](C)CCCNC(=N)N)C(=O)NCCSSCCC(=O)Nc1ccc2c(c1)C=C(C(=O)Nc1ccc3[nH]c(C(=O)N4CC(CCl)c5c4cc(O)c4ccccc54)cc3c1)C2. The molecule has 1 aliphatic carbocycles. The number of Topliss-reactive ketones (excluding diaryl/α,β-unsaturated/α-hetero) is 1. The summed E-state index contributed by atoms with van der Waals surface area (Å²) in [6, 6.07) is 22.0. The Hall–Kier alpha value is -5.97. The number of H-pyrrole nitrogens is 1. The van der Waals surface area contributed by atoms with Crippen LogP contribution in [0.1, 0.15) is 72.6 Å². The molecule has 65 heavy (non-hydrogen) atoms. The van der Waals surface area contributed by atoms with E-state index in [-0.39, 0.29) is 59.4 Å². The lowest BCUT2D eigenvalue weighted by atomic mass is 9.93. The predicted molar refractivity (Wildman–Crippen MR) is 264 cm³/mol. The number of guanidine groups is 1. The molecule has 14 nitrogen and oxygen atoms in total. The summed E-state index contributed by atoms with van der Waals surface area (Å²) < 4.78 is 0. The number of nitrogens with zero attached hydrogens (tertiary/aromatic N) is 1. The molecule has 0 fully saturated rings. The first-order valence-electron chi connectivity index (χ1n) is 21.6. The van der Waals surface area contributed by atoms with Gasteiger partial charge in [-0.3, -0.25) is 29.4 Å². The fourth-order valence-electron chi connectivity index (χ4n) is 8.24. The second-order valence-corrected chi connectivity index (χ2v) is 19.5. The van der Waals surface area contributed by atoms with E-state index in [1.165, 1.54) is 0 Å². The number of fused-ring (bicyclic) bond motifs is 5. The van der Waals surface area contributed by atoms with E-state index in [0.29, 0.717) is 91.0 Å². The van der Waals surface area contributed by atoms with E-state index < -0.39 is 5.92 Å². The molecule has 2 heterocycles. The lowest BCUT2D eigenvalue weighted by Gasteiger charge is -2.17. The number of carbonyl (C=O) groups is 5. The number of aromatic nitrogens is 1. The zero-order valence-corrected chi connectivity index (χ0v) is 38.6. The van der Waals surface area contributed by atoms with Gasteiger partial charge in [0, 0.05) is 113 Å². The lowest BCUT2D eigenvalue weighted by molar-refractivity contribution is -0.130. The van der Waals surface area contributed by atoms with Gasteiger partial charge in [-0.15, -0.1) is 11.6 Å². The van der Waals surface area contributed by atoms with Crippen molar-refractivity contribution in [2.24, 2.45) is 17.6 Å². The van der Waals surface area contributed by atoms with Crippen LogP contribution < -0.4 is 31.9 Å². The van der Waals surface area contributed by atoms with E-state index in [0.717, 1.165) is 38.4 Å². The van der Waals surface area contributed by atoms with Crippen LogP contribution in [-0.2, 0) is 25.6 Å². The Bertz CT molecular complexity index is 2690. The Labute approximate surface area is 390 Å². The van der Waals surface area contributed by atoms with Crippen molar-refractivity contribution in [1.29, 1.82) is 5.41 Å². The van der Waals surface area contributed by atoms with Crippen molar-refractivity contribution in [2.75, 3.05) is 52.6 Å². The first-order chi connectivity index (χ1) is 31.3. The molecule has 7 rings (SSSR count). The van der Waals surface area contributed by atoms with Crippen LogP contribution in [-0.4, -0.2) is 82.5 Å². The van der Waals surface area contributed by atoms with E-state index >= 15 is 0 Å². The summed E-state index contributed by atoms with van der Waals surface area (Å²) in [5.41, 5.74) is 11.6. The van der Waals surface area contributed by atoms with Gasteiger partial charge in [-0.2, -0.15) is 0 Å². The first-order valence-corrected chi connectivity index (χ1v) is 24.6. The van der Waals surface area contributed by atoms with Gasteiger partial charge in [-0.25, -0.2) is 0 Å². The summed E-state index contributed by atoms with van der Waals surface area (Å²) in [6.07, 6.45) is 4.13. The van der Waals surface area contributed by atoms with Crippen LogP contribution in [0.2, 0.25) is 0 Å². The quantitative estimate of drug-likeness (QED) is 0.0124. The standard InChI is InChI=1S/C48H53ClN8O6S2/c1-27(6-5-14-53-48(50)51)41(58)18-28(2)45(61)52-15-17-65-64-16-13-43(60)54-34-10-9-29-19-32(20-30(29)21-34)46(62)55-35-11-12-38-31(22-35)23-39(56-38)47(63)57-26-33(25-49)44-37-8-4-3-7-36(37)42(59)24-40(44)57/h3-4,7-12,20-24,27-28,33,56,59H,5-6,13-19,25-26H2,1-2H3,(H,52,61)(H,54,60)(H,55,62)(H4,50,51,53)/t27-,28+,33?/m0/s1. The number of aromatic hydroxyl groups is 1. The topological polar surface area (TPSA) is 223 Å². The molecule has 0 radical (unpaired) electrons. The van der Waals surface area contributed by atoms with Crippen molar-refractivity contribution in [1.82, 2.24) is 15.6 Å². The Morgan fingerprint density at radius 3 is 2.46 bits per heavy atom. The van der Waals surface area contributed by atoms with Gasteiger partial charge in [0.25, 0.3) is 11.8 Å². The van der Waals surface area contributed by atoms with Gasteiger partial charge < -0.3 is 42.0 Å². The number of nitrogens with two attached hydrogens (primary N) is 1. The summed E-state index contributed by atoms with van der Waals surface area (Å²) in [6.45, 7) is 4.99. The number of hydrogen-bond acceptors (Lipinski definition) is 9. The number of anilines is 3. The average molecular weight is 938 g/mol. The highest BCUT2D eigenvalue weighted by atomic mass is 35.5. The first kappa shape index (κ1) is 47.0. The minimum atomic E-state index is -0.423. The van der Waals surface area contributed by atoms with E-state index in [9.17, 15) is 29.1 Å². The number of amides is 4. The van der Waals surface area contributed by atoms with Crippen molar-refractivity contribution >= 4 is 113 Å². The number of ketones is 1. The summed E-state index contributed by atoms with van der Waals surface area (Å²) in [4.78, 5) is 70.1. The third-order valence-corrected chi connectivity index (χ3v) is 14.5. The molecule has 4 amide bonds. The Balaban J connectivity index is 0.838. The maximum absolute atomic E-state index is 13.9. The lowest BCUT2D eigenvalue weighted by Crippen LogP contribution is -2.33. The van der Waals surface area contributed by atoms with Crippen LogP contribution in [0.4, 0.5) is 17.1 Å². The third kappa shape index (κ3) is 11.5. The van der Waals surface area contributed by atoms with Gasteiger partial charge in [0.05, 0.1) is 5.69 Å². The second-order valence-electron chi connectivity index (χ2n) is 16.5. The molecule has 0 saturated heterocycles. The molecule has 17 heteroatoms. The molecule has 5 aromatic rings. The number of nitrogens with one attached hydrogen (secondary N) is 6. The monoisotopic (exact) mass is 936 g/mol. The van der Waals surface area contributed by atoms with E-state index in [1.54, 1.807) is 51.6 Å². The molecular weight excluding hydrogens is 884 g/mol. The number of phenols is 1. The van der Waals surface area contributed by atoms with Crippen molar-refractivity contribution < 1.29 is 29.1 Å². The summed E-state index contributed by atoms with van der Waals surface area (Å²) in [5.74, 6) is 0.162. The maximum atomic E-state index is 13.9.